The van der Waals surface area contributed by atoms with Crippen molar-refractivity contribution in [3.63, 3.8) is 0 Å². The Hall–Kier alpha value is -1.26. The predicted octanol–water partition coefficient (Wildman–Crippen LogP) is 4.70. The predicted molar refractivity (Wildman–Crippen MR) is 98.7 cm³/mol. The lowest BCUT2D eigenvalue weighted by atomic mass is 9.80. The van der Waals surface area contributed by atoms with Gasteiger partial charge in [-0.15, -0.1) is 0 Å². The van der Waals surface area contributed by atoms with E-state index in [1.54, 1.807) is 0 Å². The van der Waals surface area contributed by atoms with Crippen LogP contribution in [0.15, 0.2) is 5.11 Å². The Bertz CT molecular complexity index is 450. The normalized spacial score (nSPS) is 12.9. The quantitative estimate of drug-likeness (QED) is 0.336. The molecule has 24 heavy (non-hydrogen) atoms. The maximum absolute atomic E-state index is 12.5. The van der Waals surface area contributed by atoms with Gasteiger partial charge in [0.05, 0.1) is 5.60 Å². The number of ether oxygens (including phenoxy) is 1. The van der Waals surface area contributed by atoms with Crippen molar-refractivity contribution in [2.75, 3.05) is 19.7 Å². The van der Waals surface area contributed by atoms with Gasteiger partial charge in [-0.25, -0.2) is 0 Å². The van der Waals surface area contributed by atoms with Crippen molar-refractivity contribution in [1.82, 2.24) is 5.32 Å². The van der Waals surface area contributed by atoms with E-state index in [0.717, 1.165) is 0 Å². The van der Waals surface area contributed by atoms with Crippen molar-refractivity contribution >= 4 is 5.91 Å². The van der Waals surface area contributed by atoms with Crippen LogP contribution in [-0.2, 0) is 9.53 Å². The zero-order chi connectivity index (χ0) is 19.0. The number of rotatable bonds is 11. The molecule has 0 bridgehead atoms. The number of carbonyl (C=O) groups excluding carboxylic acids is 1. The summed E-state index contributed by atoms with van der Waals surface area (Å²) in [5.74, 6) is 0.563. The Morgan fingerprint density at radius 3 is 2.25 bits per heavy atom. The van der Waals surface area contributed by atoms with Crippen molar-refractivity contribution in [3.8, 4) is 0 Å². The van der Waals surface area contributed by atoms with Crippen LogP contribution in [0.5, 0.6) is 0 Å². The third-order valence-electron chi connectivity index (χ3n) is 4.98. The molecule has 0 unspecified atom stereocenters. The van der Waals surface area contributed by atoms with Crippen LogP contribution in [0.2, 0.25) is 0 Å². The number of nitrogens with zero attached hydrogens (tertiary/aromatic N) is 3. The van der Waals surface area contributed by atoms with Crippen LogP contribution in [0.1, 0.15) is 68.2 Å². The van der Waals surface area contributed by atoms with Crippen molar-refractivity contribution in [3.05, 3.63) is 10.4 Å². The second-order valence-electron chi connectivity index (χ2n) is 8.77. The SMILES string of the molecule is CC(C)C(C)(C)CNC(=O)C(C)(C)CCOC(C)(C)CCN=[N+]=[N-]. The minimum absolute atomic E-state index is 0.0618. The van der Waals surface area contributed by atoms with Crippen LogP contribution >= 0.6 is 0 Å². The van der Waals surface area contributed by atoms with Gasteiger partial charge < -0.3 is 10.1 Å². The standard InChI is InChI=1S/C18H36N4O2/c1-14(2)17(5,6)13-20-15(23)16(3,4)10-12-24-18(7,8)9-11-21-22-19/h14H,9-13H2,1-8H3,(H,20,23). The van der Waals surface area contributed by atoms with E-state index < -0.39 is 5.41 Å². The fourth-order valence-corrected chi connectivity index (χ4v) is 1.88. The number of hydrogen-bond donors (Lipinski definition) is 1. The van der Waals surface area contributed by atoms with Gasteiger partial charge in [-0.2, -0.15) is 0 Å². The molecule has 0 spiro atoms. The van der Waals surface area contributed by atoms with E-state index >= 15 is 0 Å². The lowest BCUT2D eigenvalue weighted by Gasteiger charge is -2.32. The van der Waals surface area contributed by atoms with E-state index in [0.29, 0.717) is 38.5 Å². The summed E-state index contributed by atoms with van der Waals surface area (Å²) < 4.78 is 5.88. The minimum Gasteiger partial charge on any atom is -0.376 e. The Kier molecular flexibility index (Phi) is 8.80. The third-order valence-corrected chi connectivity index (χ3v) is 4.98. The first-order valence-electron chi connectivity index (χ1n) is 8.77. The van der Waals surface area contributed by atoms with E-state index in [-0.39, 0.29) is 16.9 Å². The average Bonchev–Trinajstić information content (AvgIpc) is 2.44. The molecule has 0 aliphatic heterocycles. The first-order chi connectivity index (χ1) is 10.8. The van der Waals surface area contributed by atoms with Gasteiger partial charge in [-0.1, -0.05) is 46.7 Å². The smallest absolute Gasteiger partial charge is 0.225 e. The van der Waals surface area contributed by atoms with Crippen LogP contribution in [0.25, 0.3) is 10.4 Å². The summed E-state index contributed by atoms with van der Waals surface area (Å²) >= 11 is 0. The zero-order valence-electron chi connectivity index (χ0n) is 16.8. The largest absolute Gasteiger partial charge is 0.376 e. The first-order valence-corrected chi connectivity index (χ1v) is 8.77. The summed E-state index contributed by atoms with van der Waals surface area (Å²) in [4.78, 5) is 15.2. The van der Waals surface area contributed by atoms with Crippen molar-refractivity contribution in [2.24, 2.45) is 21.9 Å². The van der Waals surface area contributed by atoms with Gasteiger partial charge in [-0.05, 0) is 43.6 Å². The number of amides is 1. The molecule has 0 aromatic heterocycles. The maximum Gasteiger partial charge on any atom is 0.225 e. The van der Waals surface area contributed by atoms with Crippen LogP contribution in [0, 0.1) is 16.7 Å². The van der Waals surface area contributed by atoms with Gasteiger partial charge in [0.2, 0.25) is 5.91 Å². The molecule has 140 valence electrons. The summed E-state index contributed by atoms with van der Waals surface area (Å²) in [6.07, 6.45) is 1.30. The Morgan fingerprint density at radius 2 is 1.75 bits per heavy atom. The average molecular weight is 341 g/mol. The molecular formula is C18H36N4O2. The molecule has 0 aromatic carbocycles. The highest BCUT2D eigenvalue weighted by Gasteiger charge is 2.31. The molecule has 0 saturated heterocycles. The lowest BCUT2D eigenvalue weighted by Crippen LogP contribution is -2.43. The second kappa shape index (κ2) is 9.28. The molecule has 1 amide bonds. The first kappa shape index (κ1) is 22.7. The van der Waals surface area contributed by atoms with E-state index in [1.807, 2.05) is 27.7 Å². The molecule has 0 rings (SSSR count). The van der Waals surface area contributed by atoms with Crippen molar-refractivity contribution < 1.29 is 9.53 Å². The van der Waals surface area contributed by atoms with E-state index in [1.165, 1.54) is 0 Å². The summed E-state index contributed by atoms with van der Waals surface area (Å²) in [5.41, 5.74) is 7.56. The molecule has 1 N–H and O–H groups in total. The number of carbonyl (C=O) groups is 1. The second-order valence-corrected chi connectivity index (χ2v) is 8.77. The molecule has 0 aliphatic carbocycles. The fourth-order valence-electron chi connectivity index (χ4n) is 1.88. The summed E-state index contributed by atoms with van der Waals surface area (Å²) in [5, 5.41) is 6.62. The molecule has 0 saturated carbocycles. The van der Waals surface area contributed by atoms with Gasteiger partial charge in [-0.3, -0.25) is 4.79 Å². The summed E-state index contributed by atoms with van der Waals surface area (Å²) in [7, 11) is 0. The van der Waals surface area contributed by atoms with E-state index in [9.17, 15) is 4.79 Å². The zero-order valence-corrected chi connectivity index (χ0v) is 16.8. The van der Waals surface area contributed by atoms with E-state index in [4.69, 9.17) is 10.3 Å². The van der Waals surface area contributed by atoms with Gasteiger partial charge in [0.1, 0.15) is 0 Å². The van der Waals surface area contributed by atoms with Gasteiger partial charge in [0.25, 0.3) is 0 Å². The summed E-state index contributed by atoms with van der Waals surface area (Å²) in [6, 6.07) is 0. The molecule has 6 nitrogen and oxygen atoms in total. The van der Waals surface area contributed by atoms with Crippen LogP contribution in [-0.4, -0.2) is 31.2 Å². The Balaban J connectivity index is 4.38. The topological polar surface area (TPSA) is 87.1 Å². The number of hydrogen-bond acceptors (Lipinski definition) is 3. The molecule has 0 fully saturated rings. The highest BCUT2D eigenvalue weighted by atomic mass is 16.5. The lowest BCUT2D eigenvalue weighted by molar-refractivity contribution is -0.132. The maximum atomic E-state index is 12.5. The van der Waals surface area contributed by atoms with Crippen LogP contribution in [0.4, 0.5) is 0 Å². The number of nitrogens with one attached hydrogen (secondary N) is 1. The number of azide groups is 1. The highest BCUT2D eigenvalue weighted by Crippen LogP contribution is 2.27. The van der Waals surface area contributed by atoms with Crippen LogP contribution < -0.4 is 5.32 Å². The molecule has 0 aromatic rings. The third kappa shape index (κ3) is 8.55. The Labute approximate surface area is 147 Å². The molecular weight excluding hydrogens is 304 g/mol. The minimum atomic E-state index is -0.478. The Morgan fingerprint density at radius 1 is 1.17 bits per heavy atom. The highest BCUT2D eigenvalue weighted by molar-refractivity contribution is 5.81. The monoisotopic (exact) mass is 340 g/mol. The molecule has 0 radical (unpaired) electrons. The fraction of sp³-hybridized carbons (Fsp3) is 0.944. The van der Waals surface area contributed by atoms with E-state index in [2.05, 4.69) is 43.0 Å². The van der Waals surface area contributed by atoms with Gasteiger partial charge >= 0.3 is 0 Å². The van der Waals surface area contributed by atoms with Crippen molar-refractivity contribution in [2.45, 2.75) is 73.8 Å². The van der Waals surface area contributed by atoms with Crippen LogP contribution in [0.3, 0.4) is 0 Å². The molecule has 6 heteroatoms. The molecule has 0 atom stereocenters. The van der Waals surface area contributed by atoms with Gasteiger partial charge in [0, 0.05) is 30.0 Å². The molecule has 0 heterocycles. The van der Waals surface area contributed by atoms with Gasteiger partial charge in [0.15, 0.2) is 0 Å². The summed E-state index contributed by atoms with van der Waals surface area (Å²) in [6.45, 7) is 18.1. The van der Waals surface area contributed by atoms with Crippen molar-refractivity contribution in [1.29, 1.82) is 0 Å². The molecule has 0 aliphatic rings.